The predicted octanol–water partition coefficient (Wildman–Crippen LogP) is 4.00. The molecule has 1 aliphatic carbocycles. The van der Waals surface area contributed by atoms with Crippen LogP contribution in [0.4, 0.5) is 13.2 Å². The van der Waals surface area contributed by atoms with Crippen molar-refractivity contribution in [2.75, 3.05) is 0 Å². The van der Waals surface area contributed by atoms with Gasteiger partial charge in [0, 0.05) is 12.4 Å². The highest BCUT2D eigenvalue weighted by Gasteiger charge is 2.36. The van der Waals surface area contributed by atoms with E-state index in [1.165, 1.54) is 12.4 Å². The van der Waals surface area contributed by atoms with Gasteiger partial charge in [0.05, 0.1) is 5.56 Å². The van der Waals surface area contributed by atoms with Crippen LogP contribution in [0.15, 0.2) is 18.5 Å². The third-order valence-electron chi connectivity index (χ3n) is 3.50. The molecule has 0 aromatic carbocycles. The van der Waals surface area contributed by atoms with Gasteiger partial charge in [0.25, 0.3) is 0 Å². The molecule has 1 fully saturated rings. The Labute approximate surface area is 92.7 Å². The summed E-state index contributed by atoms with van der Waals surface area (Å²) in [5.41, 5.74) is -0.179. The summed E-state index contributed by atoms with van der Waals surface area (Å²) in [5.74, 6) is 0.351. The van der Waals surface area contributed by atoms with Crippen molar-refractivity contribution < 1.29 is 13.2 Å². The van der Waals surface area contributed by atoms with Gasteiger partial charge in [-0.3, -0.25) is 4.98 Å². The Morgan fingerprint density at radius 1 is 1.38 bits per heavy atom. The minimum Gasteiger partial charge on any atom is -0.264 e. The molecule has 0 saturated heterocycles. The molecule has 0 N–H and O–H groups in total. The molecule has 16 heavy (non-hydrogen) atoms. The number of aromatic nitrogens is 1. The lowest BCUT2D eigenvalue weighted by Gasteiger charge is -2.32. The molecule has 1 saturated carbocycles. The Morgan fingerprint density at radius 3 is 2.56 bits per heavy atom. The van der Waals surface area contributed by atoms with Crippen molar-refractivity contribution >= 4 is 0 Å². The van der Waals surface area contributed by atoms with E-state index in [1.54, 1.807) is 0 Å². The topological polar surface area (TPSA) is 12.9 Å². The fourth-order valence-corrected chi connectivity index (χ4v) is 2.22. The van der Waals surface area contributed by atoms with Crippen LogP contribution < -0.4 is 0 Å². The van der Waals surface area contributed by atoms with E-state index in [4.69, 9.17) is 0 Å². The highest BCUT2D eigenvalue weighted by Crippen LogP contribution is 2.42. The molecule has 0 aliphatic heterocycles. The first-order valence-electron chi connectivity index (χ1n) is 5.51. The van der Waals surface area contributed by atoms with Crippen LogP contribution in [0.2, 0.25) is 0 Å². The summed E-state index contributed by atoms with van der Waals surface area (Å²) in [6.07, 6.45) is 1.51. The number of pyridine rings is 1. The third kappa shape index (κ3) is 2.06. The Kier molecular flexibility index (Phi) is 2.91. The Balaban J connectivity index is 2.32. The Hall–Kier alpha value is -1.06. The van der Waals surface area contributed by atoms with Crippen LogP contribution in [0.5, 0.6) is 0 Å². The molecule has 1 atom stereocenters. The monoisotopic (exact) mass is 229 g/mol. The molecule has 1 aromatic rings. The fraction of sp³-hybridized carbons (Fsp3) is 0.583. The number of alkyl halides is 3. The van der Waals surface area contributed by atoms with Crippen LogP contribution in [0.25, 0.3) is 0 Å². The maximum absolute atomic E-state index is 12.8. The van der Waals surface area contributed by atoms with Crippen molar-refractivity contribution in [1.82, 2.24) is 4.98 Å². The molecule has 0 bridgehead atoms. The van der Waals surface area contributed by atoms with E-state index >= 15 is 0 Å². The highest BCUT2D eigenvalue weighted by molar-refractivity contribution is 5.30. The summed E-state index contributed by atoms with van der Waals surface area (Å²) in [7, 11) is 0. The van der Waals surface area contributed by atoms with E-state index in [9.17, 15) is 13.2 Å². The first-order chi connectivity index (χ1) is 7.50. The van der Waals surface area contributed by atoms with Gasteiger partial charge in [-0.15, -0.1) is 0 Å². The van der Waals surface area contributed by atoms with Crippen LogP contribution in [-0.2, 0) is 6.18 Å². The molecular weight excluding hydrogens is 215 g/mol. The lowest BCUT2D eigenvalue weighted by atomic mass is 9.73. The van der Waals surface area contributed by atoms with Gasteiger partial charge in [-0.1, -0.05) is 13.3 Å². The number of hydrogen-bond acceptors (Lipinski definition) is 1. The molecule has 0 spiro atoms. The molecule has 88 valence electrons. The molecule has 1 aliphatic rings. The minimum atomic E-state index is -4.27. The quantitative estimate of drug-likeness (QED) is 0.746. The number of nitrogens with zero attached hydrogens (tertiary/aromatic N) is 1. The molecule has 0 amide bonds. The van der Waals surface area contributed by atoms with Crippen LogP contribution in [0.1, 0.15) is 43.2 Å². The molecule has 2 rings (SSSR count). The summed E-state index contributed by atoms with van der Waals surface area (Å²) >= 11 is 0. The summed E-state index contributed by atoms with van der Waals surface area (Å²) in [4.78, 5) is 3.82. The Morgan fingerprint density at radius 2 is 2.06 bits per heavy atom. The molecule has 1 aromatic heterocycles. The zero-order valence-electron chi connectivity index (χ0n) is 9.09. The SMILES string of the molecule is CC(c1cnccc1C(F)(F)F)C1CCC1. The molecular formula is C12H14F3N. The first kappa shape index (κ1) is 11.4. The molecule has 4 heteroatoms. The van der Waals surface area contributed by atoms with Crippen LogP contribution in [0.3, 0.4) is 0 Å². The lowest BCUT2D eigenvalue weighted by molar-refractivity contribution is -0.138. The van der Waals surface area contributed by atoms with Gasteiger partial charge >= 0.3 is 6.18 Å². The number of rotatable bonds is 2. The van der Waals surface area contributed by atoms with E-state index in [-0.39, 0.29) is 5.92 Å². The Bertz CT molecular complexity index is 369. The summed E-state index contributed by atoms with van der Waals surface area (Å²) in [5, 5.41) is 0. The van der Waals surface area contributed by atoms with Gasteiger partial charge in [-0.25, -0.2) is 0 Å². The van der Waals surface area contributed by atoms with E-state index in [0.29, 0.717) is 11.5 Å². The van der Waals surface area contributed by atoms with Crippen molar-refractivity contribution in [3.8, 4) is 0 Å². The highest BCUT2D eigenvalue weighted by atomic mass is 19.4. The van der Waals surface area contributed by atoms with Crippen molar-refractivity contribution in [2.45, 2.75) is 38.3 Å². The molecule has 1 heterocycles. The zero-order valence-corrected chi connectivity index (χ0v) is 9.09. The van der Waals surface area contributed by atoms with Crippen molar-refractivity contribution in [1.29, 1.82) is 0 Å². The van der Waals surface area contributed by atoms with Gasteiger partial charge in [0.15, 0.2) is 0 Å². The largest absolute Gasteiger partial charge is 0.416 e. The van der Waals surface area contributed by atoms with Crippen molar-refractivity contribution in [2.24, 2.45) is 5.92 Å². The second-order valence-electron chi connectivity index (χ2n) is 4.44. The normalized spacial score (nSPS) is 19.2. The zero-order chi connectivity index (χ0) is 11.8. The summed E-state index contributed by atoms with van der Waals surface area (Å²) < 4.78 is 38.3. The van der Waals surface area contributed by atoms with E-state index in [1.807, 2.05) is 6.92 Å². The average molecular weight is 229 g/mol. The first-order valence-corrected chi connectivity index (χ1v) is 5.51. The van der Waals surface area contributed by atoms with Gasteiger partial charge < -0.3 is 0 Å². The maximum Gasteiger partial charge on any atom is 0.416 e. The lowest BCUT2D eigenvalue weighted by Crippen LogP contribution is -2.21. The van der Waals surface area contributed by atoms with Gasteiger partial charge in [-0.05, 0) is 36.3 Å². The second-order valence-corrected chi connectivity index (χ2v) is 4.44. The minimum absolute atomic E-state index is 0.0425. The third-order valence-corrected chi connectivity index (χ3v) is 3.50. The summed E-state index contributed by atoms with van der Waals surface area (Å²) in [6.45, 7) is 1.87. The second kappa shape index (κ2) is 4.07. The van der Waals surface area contributed by atoms with Crippen LogP contribution >= 0.6 is 0 Å². The molecule has 1 nitrogen and oxygen atoms in total. The van der Waals surface area contributed by atoms with Crippen LogP contribution in [-0.4, -0.2) is 4.98 Å². The van der Waals surface area contributed by atoms with Crippen molar-refractivity contribution in [3.05, 3.63) is 29.6 Å². The van der Waals surface area contributed by atoms with Crippen molar-refractivity contribution in [3.63, 3.8) is 0 Å². The number of halogens is 3. The molecule has 0 radical (unpaired) electrons. The van der Waals surface area contributed by atoms with E-state index in [2.05, 4.69) is 4.98 Å². The summed E-state index contributed by atoms with van der Waals surface area (Å²) in [6, 6.07) is 1.07. The fourth-order valence-electron chi connectivity index (χ4n) is 2.22. The van der Waals surface area contributed by atoms with E-state index in [0.717, 1.165) is 25.3 Å². The smallest absolute Gasteiger partial charge is 0.264 e. The van der Waals surface area contributed by atoms with Crippen LogP contribution in [0, 0.1) is 5.92 Å². The average Bonchev–Trinajstić information content (AvgIpc) is 2.13. The standard InChI is InChI=1S/C12H14F3N/c1-8(9-3-2-4-9)10-7-16-6-5-11(10)12(13,14)15/h5-9H,2-4H2,1H3. The van der Waals surface area contributed by atoms with Gasteiger partial charge in [0.1, 0.15) is 0 Å². The van der Waals surface area contributed by atoms with Gasteiger partial charge in [-0.2, -0.15) is 13.2 Å². The maximum atomic E-state index is 12.8. The predicted molar refractivity (Wildman–Crippen MR) is 55.0 cm³/mol. The number of hydrogen-bond donors (Lipinski definition) is 0. The molecule has 1 unspecified atom stereocenters. The van der Waals surface area contributed by atoms with Gasteiger partial charge in [0.2, 0.25) is 0 Å². The van der Waals surface area contributed by atoms with E-state index < -0.39 is 11.7 Å².